The van der Waals surface area contributed by atoms with Gasteiger partial charge >= 0.3 is 0 Å². The van der Waals surface area contributed by atoms with Crippen LogP contribution in [0.3, 0.4) is 0 Å². The molecule has 1 aliphatic rings. The number of nitrogens with one attached hydrogen (secondary N) is 1. The Morgan fingerprint density at radius 2 is 1.74 bits per heavy atom. The Labute approximate surface area is 113 Å². The van der Waals surface area contributed by atoms with Crippen LogP contribution in [-0.2, 0) is 9.59 Å². The molecule has 0 saturated carbocycles. The van der Waals surface area contributed by atoms with Gasteiger partial charge in [-0.05, 0) is 6.42 Å². The van der Waals surface area contributed by atoms with E-state index < -0.39 is 17.6 Å². The molecule has 1 rings (SSSR count). The summed E-state index contributed by atoms with van der Waals surface area (Å²) in [6, 6.07) is 0. The fraction of sp³-hybridized carbons (Fsp3) is 0.846. The van der Waals surface area contributed by atoms with Crippen molar-refractivity contribution < 1.29 is 19.8 Å². The van der Waals surface area contributed by atoms with E-state index in [1.807, 2.05) is 20.8 Å². The van der Waals surface area contributed by atoms with Crippen LogP contribution in [0.2, 0.25) is 0 Å². The van der Waals surface area contributed by atoms with Crippen molar-refractivity contribution in [1.29, 1.82) is 0 Å². The molecule has 0 bridgehead atoms. The third-order valence-electron chi connectivity index (χ3n) is 3.15. The zero-order valence-electron chi connectivity index (χ0n) is 11.8. The number of likely N-dealkylation sites (tertiary alicyclic amines) is 1. The first-order chi connectivity index (χ1) is 8.71. The number of aliphatic hydroxyl groups excluding tert-OH is 2. The molecule has 0 radical (unpaired) electrons. The first-order valence-corrected chi connectivity index (χ1v) is 6.64. The van der Waals surface area contributed by atoms with Crippen molar-refractivity contribution in [2.24, 2.45) is 5.41 Å². The molecule has 3 N–H and O–H groups in total. The number of carbonyl (C=O) groups is 2. The second-order valence-electron chi connectivity index (χ2n) is 6.04. The quantitative estimate of drug-likeness (QED) is 0.601. The average molecular weight is 272 g/mol. The number of carbonyl (C=O) groups excluding carboxylic acids is 2. The SMILES string of the molecule is CC(C)(C)C(=O)NCCCC(=O)N1C[C@@H](O)[C@@H](O)C1. The summed E-state index contributed by atoms with van der Waals surface area (Å²) in [6.45, 7) is 6.34. The van der Waals surface area contributed by atoms with E-state index in [0.29, 0.717) is 19.4 Å². The second-order valence-corrected chi connectivity index (χ2v) is 6.04. The molecule has 1 fully saturated rings. The molecule has 2 amide bonds. The summed E-state index contributed by atoms with van der Waals surface area (Å²) >= 11 is 0. The molecule has 6 nitrogen and oxygen atoms in total. The number of hydrogen-bond donors (Lipinski definition) is 3. The molecule has 0 aromatic carbocycles. The minimum Gasteiger partial charge on any atom is -0.388 e. The van der Waals surface area contributed by atoms with Crippen LogP contribution in [0.1, 0.15) is 33.6 Å². The van der Waals surface area contributed by atoms with E-state index in [4.69, 9.17) is 0 Å². The number of rotatable bonds is 4. The standard InChI is InChI=1S/C13H24N2O4/c1-13(2,3)12(19)14-6-4-5-11(18)15-7-9(16)10(17)8-15/h9-10,16-17H,4-8H2,1-3H3,(H,14,19)/t9-,10+. The average Bonchev–Trinajstić information content (AvgIpc) is 2.63. The molecular weight excluding hydrogens is 248 g/mol. The van der Waals surface area contributed by atoms with Gasteiger partial charge in [-0.15, -0.1) is 0 Å². The van der Waals surface area contributed by atoms with Crippen molar-refractivity contribution in [1.82, 2.24) is 10.2 Å². The Morgan fingerprint density at radius 1 is 1.21 bits per heavy atom. The third-order valence-corrected chi connectivity index (χ3v) is 3.15. The van der Waals surface area contributed by atoms with Crippen molar-refractivity contribution in [3.63, 3.8) is 0 Å². The van der Waals surface area contributed by atoms with Crippen molar-refractivity contribution in [2.45, 2.75) is 45.8 Å². The van der Waals surface area contributed by atoms with Gasteiger partial charge in [0, 0.05) is 31.5 Å². The van der Waals surface area contributed by atoms with E-state index in [1.54, 1.807) is 0 Å². The summed E-state index contributed by atoms with van der Waals surface area (Å²) in [4.78, 5) is 24.8. The summed E-state index contributed by atoms with van der Waals surface area (Å²) in [7, 11) is 0. The van der Waals surface area contributed by atoms with Gasteiger partial charge in [-0.3, -0.25) is 9.59 Å². The summed E-state index contributed by atoms with van der Waals surface area (Å²) in [5, 5.41) is 21.5. The highest BCUT2D eigenvalue weighted by molar-refractivity contribution is 5.81. The molecule has 110 valence electrons. The van der Waals surface area contributed by atoms with Gasteiger partial charge in [0.15, 0.2) is 0 Å². The first kappa shape index (κ1) is 15.9. The molecule has 0 unspecified atom stereocenters. The molecule has 0 spiro atoms. The van der Waals surface area contributed by atoms with Crippen LogP contribution in [0, 0.1) is 5.41 Å². The minimum atomic E-state index is -0.843. The Balaban J connectivity index is 2.20. The van der Waals surface area contributed by atoms with Crippen LogP contribution >= 0.6 is 0 Å². The van der Waals surface area contributed by atoms with Gasteiger partial charge in [-0.1, -0.05) is 20.8 Å². The number of hydrogen-bond acceptors (Lipinski definition) is 4. The fourth-order valence-corrected chi connectivity index (χ4v) is 1.84. The maximum atomic E-state index is 11.8. The fourth-order valence-electron chi connectivity index (χ4n) is 1.84. The normalized spacial score (nSPS) is 23.5. The van der Waals surface area contributed by atoms with E-state index in [9.17, 15) is 19.8 Å². The van der Waals surface area contributed by atoms with Gasteiger partial charge in [0.25, 0.3) is 0 Å². The maximum Gasteiger partial charge on any atom is 0.225 e. The van der Waals surface area contributed by atoms with Gasteiger partial charge in [0.2, 0.25) is 11.8 Å². The van der Waals surface area contributed by atoms with E-state index in [-0.39, 0.29) is 24.9 Å². The van der Waals surface area contributed by atoms with Crippen molar-refractivity contribution in [2.75, 3.05) is 19.6 Å². The van der Waals surface area contributed by atoms with Gasteiger partial charge in [0.1, 0.15) is 0 Å². The van der Waals surface area contributed by atoms with Crippen molar-refractivity contribution in [3.05, 3.63) is 0 Å². The maximum absolute atomic E-state index is 11.8. The van der Waals surface area contributed by atoms with Crippen molar-refractivity contribution in [3.8, 4) is 0 Å². The topological polar surface area (TPSA) is 89.9 Å². The number of aliphatic hydroxyl groups is 2. The van der Waals surface area contributed by atoms with Crippen LogP contribution in [0.25, 0.3) is 0 Å². The minimum absolute atomic E-state index is 0.0352. The molecule has 6 heteroatoms. The molecule has 0 aromatic rings. The van der Waals surface area contributed by atoms with Crippen LogP contribution in [0.5, 0.6) is 0 Å². The Kier molecular flexibility index (Phi) is 5.31. The summed E-state index contributed by atoms with van der Waals surface area (Å²) in [6.07, 6.45) is -0.818. The van der Waals surface area contributed by atoms with E-state index in [2.05, 4.69) is 5.32 Å². The zero-order valence-corrected chi connectivity index (χ0v) is 11.8. The first-order valence-electron chi connectivity index (χ1n) is 6.64. The molecular formula is C13H24N2O4. The summed E-state index contributed by atoms with van der Waals surface area (Å²) in [5.74, 6) is -0.132. The van der Waals surface area contributed by atoms with Crippen molar-refractivity contribution >= 4 is 11.8 Å². The highest BCUT2D eigenvalue weighted by Gasteiger charge is 2.32. The molecule has 1 saturated heterocycles. The third kappa shape index (κ3) is 4.80. The Morgan fingerprint density at radius 3 is 2.21 bits per heavy atom. The predicted molar refractivity (Wildman–Crippen MR) is 70.3 cm³/mol. The highest BCUT2D eigenvalue weighted by atomic mass is 16.3. The van der Waals surface area contributed by atoms with Gasteiger partial charge < -0.3 is 20.4 Å². The molecule has 1 heterocycles. The van der Waals surface area contributed by atoms with Gasteiger partial charge in [-0.2, -0.15) is 0 Å². The predicted octanol–water partition coefficient (Wildman–Crippen LogP) is -0.507. The monoisotopic (exact) mass is 272 g/mol. The van der Waals surface area contributed by atoms with Gasteiger partial charge in [0.05, 0.1) is 12.2 Å². The lowest BCUT2D eigenvalue weighted by atomic mass is 9.96. The number of β-amino-alcohol motifs (C(OH)–C–C–N with tert-alkyl or cyclic N) is 2. The van der Waals surface area contributed by atoms with Crippen LogP contribution < -0.4 is 5.32 Å². The summed E-state index contributed by atoms with van der Waals surface area (Å²) in [5.41, 5.74) is -0.423. The van der Waals surface area contributed by atoms with Crippen LogP contribution in [0.15, 0.2) is 0 Å². The lowest BCUT2D eigenvalue weighted by Gasteiger charge is -2.18. The Hall–Kier alpha value is -1.14. The molecule has 0 aromatic heterocycles. The molecule has 0 aliphatic carbocycles. The zero-order chi connectivity index (χ0) is 14.6. The van der Waals surface area contributed by atoms with E-state index in [0.717, 1.165) is 0 Å². The smallest absolute Gasteiger partial charge is 0.225 e. The van der Waals surface area contributed by atoms with Gasteiger partial charge in [-0.25, -0.2) is 0 Å². The number of amides is 2. The van der Waals surface area contributed by atoms with E-state index in [1.165, 1.54) is 4.90 Å². The lowest BCUT2D eigenvalue weighted by molar-refractivity contribution is -0.131. The lowest BCUT2D eigenvalue weighted by Crippen LogP contribution is -2.36. The van der Waals surface area contributed by atoms with Crippen LogP contribution in [-0.4, -0.2) is 58.8 Å². The molecule has 19 heavy (non-hydrogen) atoms. The highest BCUT2D eigenvalue weighted by Crippen LogP contribution is 2.13. The molecule has 1 aliphatic heterocycles. The molecule has 2 atom stereocenters. The Bertz CT molecular complexity index is 328. The van der Waals surface area contributed by atoms with E-state index >= 15 is 0 Å². The second kappa shape index (κ2) is 6.34. The van der Waals surface area contributed by atoms with Crippen LogP contribution in [0.4, 0.5) is 0 Å². The largest absolute Gasteiger partial charge is 0.388 e. The summed E-state index contributed by atoms with van der Waals surface area (Å²) < 4.78 is 0. The number of nitrogens with zero attached hydrogens (tertiary/aromatic N) is 1.